The standard InChI is InChI=1S/C25H34N2O2/c1-4-18-26-25(29)23(6-3)27(19-22-10-8-7-9-11-22)24(28)17-16-21-14-12-20(5-2)13-15-21/h7-15,23H,4-6,16-19H2,1-3H3,(H,26,29). The maximum absolute atomic E-state index is 13.2. The molecule has 1 N–H and O–H groups in total. The van der Waals surface area contributed by atoms with E-state index in [4.69, 9.17) is 0 Å². The highest BCUT2D eigenvalue weighted by molar-refractivity contribution is 5.87. The number of nitrogens with zero attached hydrogens (tertiary/aromatic N) is 1. The Morgan fingerprint density at radius 2 is 1.55 bits per heavy atom. The maximum Gasteiger partial charge on any atom is 0.242 e. The van der Waals surface area contributed by atoms with E-state index in [2.05, 4.69) is 36.5 Å². The molecule has 0 spiro atoms. The van der Waals surface area contributed by atoms with Crippen LogP contribution in [0.25, 0.3) is 0 Å². The highest BCUT2D eigenvalue weighted by Crippen LogP contribution is 2.15. The largest absolute Gasteiger partial charge is 0.354 e. The monoisotopic (exact) mass is 394 g/mol. The molecule has 4 heteroatoms. The van der Waals surface area contributed by atoms with Crippen molar-refractivity contribution >= 4 is 11.8 Å². The van der Waals surface area contributed by atoms with E-state index in [0.717, 1.165) is 24.0 Å². The Morgan fingerprint density at radius 1 is 0.897 bits per heavy atom. The molecule has 0 saturated heterocycles. The van der Waals surface area contributed by atoms with Crippen molar-refractivity contribution in [1.29, 1.82) is 0 Å². The Balaban J connectivity index is 2.13. The predicted octanol–water partition coefficient (Wildman–Crippen LogP) is 4.52. The molecule has 2 amide bonds. The Morgan fingerprint density at radius 3 is 2.14 bits per heavy atom. The van der Waals surface area contributed by atoms with Crippen LogP contribution in [-0.4, -0.2) is 29.3 Å². The summed E-state index contributed by atoms with van der Waals surface area (Å²) in [6, 6.07) is 17.9. The smallest absolute Gasteiger partial charge is 0.242 e. The lowest BCUT2D eigenvalue weighted by Gasteiger charge is -2.30. The summed E-state index contributed by atoms with van der Waals surface area (Å²) in [4.78, 5) is 27.6. The van der Waals surface area contributed by atoms with Gasteiger partial charge >= 0.3 is 0 Å². The fraction of sp³-hybridized carbons (Fsp3) is 0.440. The van der Waals surface area contributed by atoms with Crippen LogP contribution in [0.4, 0.5) is 0 Å². The molecule has 1 atom stereocenters. The molecule has 2 rings (SSSR count). The fourth-order valence-corrected chi connectivity index (χ4v) is 3.40. The van der Waals surface area contributed by atoms with Crippen molar-refractivity contribution in [2.75, 3.05) is 6.54 Å². The first kappa shape index (κ1) is 22.7. The van der Waals surface area contributed by atoms with Gasteiger partial charge < -0.3 is 10.2 Å². The molecule has 0 aromatic heterocycles. The molecule has 2 aromatic rings. The van der Waals surface area contributed by atoms with E-state index in [1.54, 1.807) is 4.90 Å². The van der Waals surface area contributed by atoms with Gasteiger partial charge in [0.1, 0.15) is 6.04 Å². The van der Waals surface area contributed by atoms with Gasteiger partial charge in [-0.3, -0.25) is 9.59 Å². The van der Waals surface area contributed by atoms with Gasteiger partial charge in [-0.2, -0.15) is 0 Å². The van der Waals surface area contributed by atoms with Crippen molar-refractivity contribution in [1.82, 2.24) is 10.2 Å². The zero-order valence-corrected chi connectivity index (χ0v) is 18.0. The van der Waals surface area contributed by atoms with E-state index >= 15 is 0 Å². The van der Waals surface area contributed by atoms with E-state index in [-0.39, 0.29) is 11.8 Å². The van der Waals surface area contributed by atoms with Crippen LogP contribution in [0.1, 0.15) is 56.7 Å². The number of hydrogen-bond acceptors (Lipinski definition) is 2. The molecule has 0 heterocycles. The summed E-state index contributed by atoms with van der Waals surface area (Å²) in [5, 5.41) is 2.96. The molecule has 0 saturated carbocycles. The fourth-order valence-electron chi connectivity index (χ4n) is 3.40. The first-order valence-electron chi connectivity index (χ1n) is 10.8. The van der Waals surface area contributed by atoms with Gasteiger partial charge in [0.25, 0.3) is 0 Å². The summed E-state index contributed by atoms with van der Waals surface area (Å²) in [5.41, 5.74) is 3.48. The zero-order valence-electron chi connectivity index (χ0n) is 18.0. The Labute approximate surface area is 175 Å². The van der Waals surface area contributed by atoms with E-state index in [0.29, 0.717) is 32.4 Å². The van der Waals surface area contributed by atoms with Crippen LogP contribution in [0.3, 0.4) is 0 Å². The third-order valence-electron chi connectivity index (χ3n) is 5.19. The second-order valence-corrected chi connectivity index (χ2v) is 7.39. The van der Waals surface area contributed by atoms with E-state index in [9.17, 15) is 9.59 Å². The van der Waals surface area contributed by atoms with Gasteiger partial charge in [-0.1, -0.05) is 75.4 Å². The molecule has 29 heavy (non-hydrogen) atoms. The summed E-state index contributed by atoms with van der Waals surface area (Å²) < 4.78 is 0. The van der Waals surface area contributed by atoms with Crippen LogP contribution < -0.4 is 5.32 Å². The van der Waals surface area contributed by atoms with Crippen LogP contribution in [0.15, 0.2) is 54.6 Å². The summed E-state index contributed by atoms with van der Waals surface area (Å²) in [5.74, 6) is -0.0437. The number of benzene rings is 2. The molecule has 0 radical (unpaired) electrons. The lowest BCUT2D eigenvalue weighted by atomic mass is 10.0. The Hall–Kier alpha value is -2.62. The van der Waals surface area contributed by atoms with Crippen molar-refractivity contribution in [2.24, 2.45) is 0 Å². The molecule has 1 unspecified atom stereocenters. The molecule has 4 nitrogen and oxygen atoms in total. The number of aryl methyl sites for hydroxylation is 2. The lowest BCUT2D eigenvalue weighted by molar-refractivity contribution is -0.141. The van der Waals surface area contributed by atoms with E-state index in [1.807, 2.05) is 44.2 Å². The van der Waals surface area contributed by atoms with Crippen molar-refractivity contribution < 1.29 is 9.59 Å². The number of carbonyl (C=O) groups excluding carboxylic acids is 2. The predicted molar refractivity (Wildman–Crippen MR) is 119 cm³/mol. The van der Waals surface area contributed by atoms with Crippen molar-refractivity contribution in [3.63, 3.8) is 0 Å². The topological polar surface area (TPSA) is 49.4 Å². The third-order valence-corrected chi connectivity index (χ3v) is 5.19. The number of amides is 2. The van der Waals surface area contributed by atoms with Gasteiger partial charge in [0.15, 0.2) is 0 Å². The highest BCUT2D eigenvalue weighted by Gasteiger charge is 2.28. The minimum atomic E-state index is -0.447. The van der Waals surface area contributed by atoms with Crippen LogP contribution in [0, 0.1) is 0 Å². The van der Waals surface area contributed by atoms with Gasteiger partial charge in [-0.05, 0) is 42.4 Å². The quantitative estimate of drug-likeness (QED) is 0.609. The van der Waals surface area contributed by atoms with Crippen LogP contribution >= 0.6 is 0 Å². The number of hydrogen-bond donors (Lipinski definition) is 1. The van der Waals surface area contributed by atoms with Crippen molar-refractivity contribution in [2.45, 2.75) is 65.5 Å². The first-order valence-corrected chi connectivity index (χ1v) is 10.8. The lowest BCUT2D eigenvalue weighted by Crippen LogP contribution is -2.49. The minimum absolute atomic E-state index is 0.0203. The molecule has 0 aliphatic carbocycles. The SMILES string of the molecule is CCCNC(=O)C(CC)N(Cc1ccccc1)C(=O)CCc1ccc(CC)cc1. The Bertz CT molecular complexity index is 756. The molecular weight excluding hydrogens is 360 g/mol. The highest BCUT2D eigenvalue weighted by atomic mass is 16.2. The van der Waals surface area contributed by atoms with Gasteiger partial charge in [-0.15, -0.1) is 0 Å². The van der Waals surface area contributed by atoms with Crippen molar-refractivity contribution in [3.05, 3.63) is 71.3 Å². The molecular formula is C25H34N2O2. The van der Waals surface area contributed by atoms with Crippen LogP contribution in [0.5, 0.6) is 0 Å². The van der Waals surface area contributed by atoms with Gasteiger partial charge in [0.05, 0.1) is 0 Å². The minimum Gasteiger partial charge on any atom is -0.354 e. The summed E-state index contributed by atoms with van der Waals surface area (Å²) in [7, 11) is 0. The summed E-state index contributed by atoms with van der Waals surface area (Å²) in [6.45, 7) is 7.20. The summed E-state index contributed by atoms with van der Waals surface area (Å²) in [6.07, 6.45) is 3.56. The normalized spacial score (nSPS) is 11.7. The van der Waals surface area contributed by atoms with Gasteiger partial charge in [0.2, 0.25) is 11.8 Å². The maximum atomic E-state index is 13.2. The summed E-state index contributed by atoms with van der Waals surface area (Å²) >= 11 is 0. The second kappa shape index (κ2) is 12.1. The average molecular weight is 395 g/mol. The second-order valence-electron chi connectivity index (χ2n) is 7.39. The third kappa shape index (κ3) is 7.04. The number of rotatable bonds is 11. The average Bonchev–Trinajstić information content (AvgIpc) is 2.76. The molecule has 0 fully saturated rings. The zero-order chi connectivity index (χ0) is 21.1. The molecule has 0 bridgehead atoms. The molecule has 156 valence electrons. The van der Waals surface area contributed by atoms with Crippen LogP contribution in [-0.2, 0) is 29.0 Å². The van der Waals surface area contributed by atoms with Gasteiger partial charge in [0, 0.05) is 19.5 Å². The first-order chi connectivity index (χ1) is 14.1. The number of carbonyl (C=O) groups is 2. The van der Waals surface area contributed by atoms with Gasteiger partial charge in [-0.25, -0.2) is 0 Å². The number of nitrogens with one attached hydrogen (secondary N) is 1. The van der Waals surface area contributed by atoms with Crippen molar-refractivity contribution in [3.8, 4) is 0 Å². The molecule has 2 aromatic carbocycles. The van der Waals surface area contributed by atoms with Crippen LogP contribution in [0.2, 0.25) is 0 Å². The molecule has 0 aliphatic heterocycles. The van der Waals surface area contributed by atoms with E-state index in [1.165, 1.54) is 5.56 Å². The molecule has 0 aliphatic rings. The van der Waals surface area contributed by atoms with E-state index < -0.39 is 6.04 Å². The Kier molecular flexibility index (Phi) is 9.42.